The Morgan fingerprint density at radius 2 is 2.09 bits per heavy atom. The largest absolute Gasteiger partial charge is 0.382 e. The van der Waals surface area contributed by atoms with Gasteiger partial charge in [-0.05, 0) is 30.2 Å². The molecule has 1 heterocycles. The lowest BCUT2D eigenvalue weighted by Gasteiger charge is -2.29. The van der Waals surface area contributed by atoms with E-state index in [0.717, 1.165) is 0 Å². The second-order valence-electron chi connectivity index (χ2n) is 5.31. The fraction of sp³-hybridized carbons (Fsp3) is 0.250. The van der Waals surface area contributed by atoms with Gasteiger partial charge in [0.05, 0.1) is 0 Å². The number of hydrogen-bond acceptors (Lipinski definition) is 1. The monoisotopic (exact) mass is 327 g/mol. The highest BCUT2D eigenvalue weighted by molar-refractivity contribution is 6.30. The quantitative estimate of drug-likeness (QED) is 0.861. The van der Waals surface area contributed by atoms with Gasteiger partial charge in [-0.3, -0.25) is 0 Å². The zero-order valence-electron chi connectivity index (χ0n) is 11.5. The molecule has 0 aliphatic heterocycles. The third-order valence-corrected chi connectivity index (χ3v) is 4.11. The normalized spacial score (nSPS) is 19.8. The molecule has 1 aromatic carbocycles. The second-order valence-corrected chi connectivity index (χ2v) is 5.75. The van der Waals surface area contributed by atoms with Crippen LogP contribution in [0.5, 0.6) is 0 Å². The highest BCUT2D eigenvalue weighted by Crippen LogP contribution is 2.44. The Labute approximate surface area is 130 Å². The molecule has 2 nitrogen and oxygen atoms in total. The van der Waals surface area contributed by atoms with E-state index in [1.165, 1.54) is 24.3 Å². The lowest BCUT2D eigenvalue weighted by atomic mass is 9.89. The molecule has 0 saturated carbocycles. The Balaban J connectivity index is 2.22. The summed E-state index contributed by atoms with van der Waals surface area (Å²) in [6, 6.07) is 3.97. The minimum Gasteiger partial charge on any atom is -0.382 e. The van der Waals surface area contributed by atoms with Crippen molar-refractivity contribution in [3.63, 3.8) is 0 Å². The van der Waals surface area contributed by atoms with Crippen LogP contribution in [0, 0.1) is 5.82 Å². The molecule has 1 aliphatic carbocycles. The lowest BCUT2D eigenvalue weighted by Crippen LogP contribution is -2.32. The minimum absolute atomic E-state index is 0.0708. The van der Waals surface area contributed by atoms with Crippen LogP contribution < -0.4 is 0 Å². The molecule has 2 aromatic rings. The number of fused-ring (bicyclic) bond motifs is 1. The smallest absolute Gasteiger partial charge is 0.278 e. The molecular weight excluding hydrogens is 315 g/mol. The van der Waals surface area contributed by atoms with Crippen molar-refractivity contribution in [3.05, 3.63) is 58.6 Å². The molecule has 1 unspecified atom stereocenters. The predicted octanol–water partition coefficient (Wildman–Crippen LogP) is 4.53. The van der Waals surface area contributed by atoms with Crippen molar-refractivity contribution < 1.29 is 18.3 Å². The molecule has 0 spiro atoms. The van der Waals surface area contributed by atoms with E-state index >= 15 is 0 Å². The molecule has 22 heavy (non-hydrogen) atoms. The summed E-state index contributed by atoms with van der Waals surface area (Å²) in [6.45, 7) is 3.59. The Kier molecular flexibility index (Phi) is 3.57. The topological polar surface area (TPSA) is 25.2 Å². The number of rotatable bonds is 2. The van der Waals surface area contributed by atoms with E-state index in [-0.39, 0.29) is 17.0 Å². The van der Waals surface area contributed by atoms with E-state index in [4.69, 9.17) is 11.6 Å². The van der Waals surface area contributed by atoms with Gasteiger partial charge >= 0.3 is 0 Å². The maximum absolute atomic E-state index is 13.8. The van der Waals surface area contributed by atoms with Gasteiger partial charge in [-0.25, -0.2) is 13.2 Å². The second kappa shape index (κ2) is 5.18. The fourth-order valence-corrected chi connectivity index (χ4v) is 3.07. The van der Waals surface area contributed by atoms with Gasteiger partial charge in [-0.1, -0.05) is 24.3 Å². The zero-order valence-corrected chi connectivity index (χ0v) is 12.2. The summed E-state index contributed by atoms with van der Waals surface area (Å²) in [6.07, 6.45) is 0.676. The van der Waals surface area contributed by atoms with Crippen LogP contribution in [0.15, 0.2) is 31.0 Å². The van der Waals surface area contributed by atoms with Crippen molar-refractivity contribution in [2.75, 3.05) is 0 Å². The van der Waals surface area contributed by atoms with E-state index in [1.807, 2.05) is 0 Å². The maximum Gasteiger partial charge on any atom is 0.278 e. The number of halogens is 4. The number of aliphatic hydroxyl groups is 1. The first-order valence-corrected chi connectivity index (χ1v) is 7.10. The first-order chi connectivity index (χ1) is 10.3. The number of aromatic nitrogens is 1. The number of nitrogens with zero attached hydrogens (tertiary/aromatic N) is 1. The first kappa shape index (κ1) is 15.2. The molecule has 1 atom stereocenters. The number of hydrogen-bond donors (Lipinski definition) is 1. The van der Waals surface area contributed by atoms with Gasteiger partial charge in [-0.2, -0.15) is 0 Å². The molecule has 0 saturated heterocycles. The van der Waals surface area contributed by atoms with Gasteiger partial charge in [0.1, 0.15) is 11.9 Å². The Morgan fingerprint density at radius 1 is 1.36 bits per heavy atom. The summed E-state index contributed by atoms with van der Waals surface area (Å²) >= 11 is 5.85. The highest BCUT2D eigenvalue weighted by Gasteiger charge is 2.45. The molecule has 0 bridgehead atoms. The number of aliphatic hydroxyl groups excluding tert-OH is 1. The Hall–Kier alpha value is -1.72. The molecule has 1 N–H and O–H groups in total. The third kappa shape index (κ3) is 2.34. The van der Waals surface area contributed by atoms with Crippen LogP contribution in [0.4, 0.5) is 13.2 Å². The Bertz CT molecular complexity index is 734. The van der Waals surface area contributed by atoms with Gasteiger partial charge in [0.25, 0.3) is 5.92 Å². The molecule has 6 heteroatoms. The molecule has 3 rings (SSSR count). The van der Waals surface area contributed by atoms with Gasteiger partial charge < -0.3 is 9.67 Å². The van der Waals surface area contributed by atoms with Crippen LogP contribution in [0.25, 0.3) is 11.8 Å². The van der Waals surface area contributed by atoms with Gasteiger partial charge in [0.2, 0.25) is 0 Å². The van der Waals surface area contributed by atoms with Crippen molar-refractivity contribution in [1.29, 1.82) is 0 Å². The zero-order chi connectivity index (χ0) is 16.1. The summed E-state index contributed by atoms with van der Waals surface area (Å²) in [5.41, 5.74) is 1.50. The summed E-state index contributed by atoms with van der Waals surface area (Å²) in [4.78, 5) is 0. The van der Waals surface area contributed by atoms with Crippen LogP contribution in [-0.2, 0) is 6.42 Å². The van der Waals surface area contributed by atoms with Gasteiger partial charge in [0, 0.05) is 34.6 Å². The summed E-state index contributed by atoms with van der Waals surface area (Å²) in [7, 11) is 0. The molecular formula is C16H13ClF3NO. The van der Waals surface area contributed by atoms with Crippen LogP contribution in [0.1, 0.15) is 29.3 Å². The highest BCUT2D eigenvalue weighted by atomic mass is 35.5. The predicted molar refractivity (Wildman–Crippen MR) is 79.1 cm³/mol. The molecule has 116 valence electrons. The summed E-state index contributed by atoms with van der Waals surface area (Å²) in [5, 5.41) is 10.2. The Morgan fingerprint density at radius 3 is 2.73 bits per heavy atom. The average Bonchev–Trinajstić information content (AvgIpc) is 2.81. The van der Waals surface area contributed by atoms with Crippen molar-refractivity contribution in [2.45, 2.75) is 24.9 Å². The lowest BCUT2D eigenvalue weighted by molar-refractivity contribution is -0.122. The van der Waals surface area contributed by atoms with E-state index in [1.54, 1.807) is 10.8 Å². The molecule has 1 aromatic heterocycles. The van der Waals surface area contributed by atoms with Crippen LogP contribution in [0.3, 0.4) is 0 Å². The first-order valence-electron chi connectivity index (χ1n) is 6.72. The van der Waals surface area contributed by atoms with Gasteiger partial charge in [-0.15, -0.1) is 0 Å². The number of alkyl halides is 2. The molecule has 0 amide bonds. The molecule has 0 radical (unpaired) electrons. The van der Waals surface area contributed by atoms with Crippen LogP contribution in [-0.4, -0.2) is 15.6 Å². The van der Waals surface area contributed by atoms with Crippen LogP contribution in [0.2, 0.25) is 5.02 Å². The summed E-state index contributed by atoms with van der Waals surface area (Å²) in [5.74, 6) is -3.71. The molecule has 1 aliphatic rings. The van der Waals surface area contributed by atoms with Crippen molar-refractivity contribution in [2.24, 2.45) is 0 Å². The number of benzene rings is 1. The average molecular weight is 328 g/mol. The van der Waals surface area contributed by atoms with E-state index in [0.29, 0.717) is 16.9 Å². The van der Waals surface area contributed by atoms with E-state index in [2.05, 4.69) is 6.58 Å². The van der Waals surface area contributed by atoms with Crippen LogP contribution >= 0.6 is 11.6 Å². The standard InChI is InChI=1S/C16H13ClF3NO/c1-2-9-8-21(12-6-10(17)5-11(18)7-12)13-3-4-16(19,20)15(22)14(9)13/h2,5-8,15,22H,1,3-4H2. The molecule has 0 fully saturated rings. The fourth-order valence-electron chi connectivity index (χ4n) is 2.86. The van der Waals surface area contributed by atoms with Crippen molar-refractivity contribution >= 4 is 17.7 Å². The van der Waals surface area contributed by atoms with E-state index < -0.39 is 24.3 Å². The van der Waals surface area contributed by atoms with E-state index in [9.17, 15) is 18.3 Å². The SMILES string of the molecule is C=Cc1cn(-c2cc(F)cc(Cl)c2)c2c1C(O)C(F)(F)CC2. The van der Waals surface area contributed by atoms with Crippen molar-refractivity contribution in [3.8, 4) is 5.69 Å². The minimum atomic E-state index is -3.18. The van der Waals surface area contributed by atoms with Gasteiger partial charge in [0.15, 0.2) is 0 Å². The third-order valence-electron chi connectivity index (χ3n) is 3.89. The summed E-state index contributed by atoms with van der Waals surface area (Å²) < 4.78 is 42.6. The maximum atomic E-state index is 13.8. The van der Waals surface area contributed by atoms with Crippen molar-refractivity contribution in [1.82, 2.24) is 4.57 Å².